The normalized spacial score (nSPS) is 22.0. The van der Waals surface area contributed by atoms with E-state index in [0.717, 1.165) is 30.7 Å². The molecule has 1 amide bonds. The van der Waals surface area contributed by atoms with Gasteiger partial charge >= 0.3 is 0 Å². The van der Waals surface area contributed by atoms with Gasteiger partial charge in [-0.05, 0) is 42.1 Å². The van der Waals surface area contributed by atoms with Crippen molar-refractivity contribution in [3.8, 4) is 5.75 Å². The van der Waals surface area contributed by atoms with E-state index in [-0.39, 0.29) is 17.9 Å². The second-order valence-corrected chi connectivity index (χ2v) is 6.52. The molecule has 2 heterocycles. The highest BCUT2D eigenvalue weighted by Crippen LogP contribution is 2.27. The summed E-state index contributed by atoms with van der Waals surface area (Å²) in [6, 6.07) is 16.6. The van der Waals surface area contributed by atoms with E-state index in [0.29, 0.717) is 13.2 Å². The van der Waals surface area contributed by atoms with E-state index in [1.807, 2.05) is 24.3 Å². The van der Waals surface area contributed by atoms with Crippen LogP contribution < -0.4 is 15.4 Å². The first-order valence-corrected chi connectivity index (χ1v) is 8.61. The molecule has 0 aliphatic carbocycles. The number of para-hydroxylation sites is 1. The SMILES string of the molecule is O=C(NCC1NCCc2ccccc21)C1COc2ccccc2C1. The number of hydrogen-bond donors (Lipinski definition) is 2. The molecule has 4 heteroatoms. The number of amides is 1. The molecule has 4 rings (SSSR count). The number of rotatable bonds is 3. The first-order chi connectivity index (χ1) is 11.8. The van der Waals surface area contributed by atoms with Crippen LogP contribution >= 0.6 is 0 Å². The van der Waals surface area contributed by atoms with Gasteiger partial charge in [-0.2, -0.15) is 0 Å². The predicted molar refractivity (Wildman–Crippen MR) is 93.0 cm³/mol. The van der Waals surface area contributed by atoms with Crippen LogP contribution in [0.25, 0.3) is 0 Å². The lowest BCUT2D eigenvalue weighted by molar-refractivity contribution is -0.126. The van der Waals surface area contributed by atoms with Gasteiger partial charge in [0.2, 0.25) is 5.91 Å². The second kappa shape index (κ2) is 6.65. The number of carbonyl (C=O) groups excluding carboxylic acids is 1. The van der Waals surface area contributed by atoms with Crippen LogP contribution in [0.15, 0.2) is 48.5 Å². The van der Waals surface area contributed by atoms with Crippen LogP contribution in [-0.2, 0) is 17.6 Å². The van der Waals surface area contributed by atoms with Gasteiger partial charge in [-0.25, -0.2) is 0 Å². The van der Waals surface area contributed by atoms with Crippen molar-refractivity contribution in [2.45, 2.75) is 18.9 Å². The van der Waals surface area contributed by atoms with E-state index < -0.39 is 0 Å². The molecule has 2 N–H and O–H groups in total. The molecule has 4 nitrogen and oxygen atoms in total. The van der Waals surface area contributed by atoms with Crippen LogP contribution in [0.2, 0.25) is 0 Å². The van der Waals surface area contributed by atoms with Crippen molar-refractivity contribution >= 4 is 5.91 Å². The second-order valence-electron chi connectivity index (χ2n) is 6.52. The molecular weight excluding hydrogens is 300 g/mol. The summed E-state index contributed by atoms with van der Waals surface area (Å²) in [7, 11) is 0. The summed E-state index contributed by atoms with van der Waals surface area (Å²) in [6.07, 6.45) is 1.80. The van der Waals surface area contributed by atoms with Crippen LogP contribution in [0.1, 0.15) is 22.7 Å². The monoisotopic (exact) mass is 322 g/mol. The third kappa shape index (κ3) is 3.02. The van der Waals surface area contributed by atoms with Crippen LogP contribution in [0, 0.1) is 5.92 Å². The highest BCUT2D eigenvalue weighted by Gasteiger charge is 2.27. The molecule has 2 aromatic carbocycles. The number of benzene rings is 2. The van der Waals surface area contributed by atoms with Gasteiger partial charge in [-0.1, -0.05) is 42.5 Å². The Bertz CT molecular complexity index is 744. The Hall–Kier alpha value is -2.33. The van der Waals surface area contributed by atoms with Crippen molar-refractivity contribution < 1.29 is 9.53 Å². The Balaban J connectivity index is 1.38. The van der Waals surface area contributed by atoms with Crippen LogP contribution in [-0.4, -0.2) is 25.6 Å². The zero-order valence-electron chi connectivity index (χ0n) is 13.6. The summed E-state index contributed by atoms with van der Waals surface area (Å²) in [6.45, 7) is 2.03. The van der Waals surface area contributed by atoms with E-state index in [9.17, 15) is 4.79 Å². The van der Waals surface area contributed by atoms with E-state index in [4.69, 9.17) is 4.74 Å². The summed E-state index contributed by atoms with van der Waals surface area (Å²) in [5.41, 5.74) is 3.80. The standard InChI is InChI=1S/C20H22N2O2/c23-20(16-11-15-6-2-4-8-19(15)24-13-16)22-12-18-17-7-3-1-5-14(17)9-10-21-18/h1-8,16,18,21H,9-13H2,(H,22,23). The maximum atomic E-state index is 12.5. The summed E-state index contributed by atoms with van der Waals surface area (Å²) in [5, 5.41) is 6.62. The topological polar surface area (TPSA) is 50.4 Å². The molecule has 2 aromatic rings. The van der Waals surface area contributed by atoms with Crippen LogP contribution in [0.5, 0.6) is 5.75 Å². The van der Waals surface area contributed by atoms with E-state index in [1.54, 1.807) is 0 Å². The van der Waals surface area contributed by atoms with Crippen LogP contribution in [0.4, 0.5) is 0 Å². The minimum absolute atomic E-state index is 0.0781. The molecule has 0 radical (unpaired) electrons. The minimum Gasteiger partial charge on any atom is -0.492 e. The van der Waals surface area contributed by atoms with Gasteiger partial charge in [-0.3, -0.25) is 4.79 Å². The summed E-state index contributed by atoms with van der Waals surface area (Å²) in [4.78, 5) is 12.5. The fourth-order valence-corrected chi connectivity index (χ4v) is 3.62. The van der Waals surface area contributed by atoms with Crippen molar-refractivity contribution in [3.63, 3.8) is 0 Å². The highest BCUT2D eigenvalue weighted by atomic mass is 16.5. The smallest absolute Gasteiger partial charge is 0.226 e. The molecule has 2 aliphatic rings. The van der Waals surface area contributed by atoms with Gasteiger partial charge in [-0.15, -0.1) is 0 Å². The molecular formula is C20H22N2O2. The highest BCUT2D eigenvalue weighted by molar-refractivity contribution is 5.79. The Kier molecular flexibility index (Phi) is 4.22. The largest absolute Gasteiger partial charge is 0.492 e. The third-order valence-electron chi connectivity index (χ3n) is 4.95. The fourth-order valence-electron chi connectivity index (χ4n) is 3.62. The molecule has 0 fully saturated rings. The van der Waals surface area contributed by atoms with Gasteiger partial charge < -0.3 is 15.4 Å². The van der Waals surface area contributed by atoms with Crippen LogP contribution in [0.3, 0.4) is 0 Å². The summed E-state index contributed by atoms with van der Waals surface area (Å²) < 4.78 is 5.73. The maximum Gasteiger partial charge on any atom is 0.226 e. The molecule has 24 heavy (non-hydrogen) atoms. The molecule has 0 bridgehead atoms. The lowest BCUT2D eigenvalue weighted by Gasteiger charge is -2.29. The first kappa shape index (κ1) is 15.2. The summed E-state index contributed by atoms with van der Waals surface area (Å²) in [5.74, 6) is 0.873. The van der Waals surface area contributed by atoms with Crippen molar-refractivity contribution in [2.75, 3.05) is 19.7 Å². The number of fused-ring (bicyclic) bond motifs is 2. The lowest BCUT2D eigenvalue weighted by atomic mass is 9.93. The molecule has 0 saturated carbocycles. The van der Waals surface area contributed by atoms with Gasteiger partial charge in [0.05, 0.1) is 5.92 Å². The average molecular weight is 322 g/mol. The van der Waals surface area contributed by atoms with Gasteiger partial charge in [0.15, 0.2) is 0 Å². The van der Waals surface area contributed by atoms with E-state index in [2.05, 4.69) is 34.9 Å². The van der Waals surface area contributed by atoms with E-state index in [1.165, 1.54) is 11.1 Å². The Labute approximate surface area is 142 Å². The fraction of sp³-hybridized carbons (Fsp3) is 0.350. The number of nitrogens with one attached hydrogen (secondary N) is 2. The predicted octanol–water partition coefficient (Wildman–Crippen LogP) is 2.24. The minimum atomic E-state index is -0.112. The lowest BCUT2D eigenvalue weighted by Crippen LogP contribution is -2.43. The van der Waals surface area contributed by atoms with E-state index >= 15 is 0 Å². The zero-order valence-corrected chi connectivity index (χ0v) is 13.6. The van der Waals surface area contributed by atoms with Crippen molar-refractivity contribution in [2.24, 2.45) is 5.92 Å². The third-order valence-corrected chi connectivity index (χ3v) is 4.95. The zero-order chi connectivity index (χ0) is 16.4. The first-order valence-electron chi connectivity index (χ1n) is 8.61. The number of hydrogen-bond acceptors (Lipinski definition) is 3. The summed E-state index contributed by atoms with van der Waals surface area (Å²) >= 11 is 0. The molecule has 0 saturated heterocycles. The Morgan fingerprint density at radius 1 is 1.12 bits per heavy atom. The number of ether oxygens (including phenoxy) is 1. The van der Waals surface area contributed by atoms with Crippen molar-refractivity contribution in [1.29, 1.82) is 0 Å². The Morgan fingerprint density at radius 2 is 1.92 bits per heavy atom. The average Bonchev–Trinajstić information content (AvgIpc) is 2.65. The van der Waals surface area contributed by atoms with Crippen molar-refractivity contribution in [1.82, 2.24) is 10.6 Å². The molecule has 0 spiro atoms. The maximum absolute atomic E-state index is 12.5. The molecule has 0 aromatic heterocycles. The van der Waals surface area contributed by atoms with Gasteiger partial charge in [0, 0.05) is 12.6 Å². The van der Waals surface area contributed by atoms with Crippen molar-refractivity contribution in [3.05, 3.63) is 65.2 Å². The Morgan fingerprint density at radius 3 is 2.83 bits per heavy atom. The molecule has 2 aliphatic heterocycles. The molecule has 2 unspecified atom stereocenters. The van der Waals surface area contributed by atoms with Gasteiger partial charge in [0.1, 0.15) is 12.4 Å². The number of carbonyl (C=O) groups is 1. The van der Waals surface area contributed by atoms with Gasteiger partial charge in [0.25, 0.3) is 0 Å². The molecule has 124 valence electrons. The molecule has 2 atom stereocenters. The quantitative estimate of drug-likeness (QED) is 0.911.